The van der Waals surface area contributed by atoms with Gasteiger partial charge in [-0.15, -0.1) is 0 Å². The summed E-state index contributed by atoms with van der Waals surface area (Å²) in [6.07, 6.45) is 1.71. The zero-order valence-corrected chi connectivity index (χ0v) is 15.1. The first-order valence-corrected chi connectivity index (χ1v) is 8.95. The van der Waals surface area contributed by atoms with E-state index in [-0.39, 0.29) is 0 Å². The molecule has 0 bridgehead atoms. The molecule has 0 spiro atoms. The van der Waals surface area contributed by atoms with Gasteiger partial charge in [0, 0.05) is 11.8 Å². The zero-order chi connectivity index (χ0) is 19.1. The lowest BCUT2D eigenvalue weighted by Crippen LogP contribution is -2.03. The Kier molecular flexibility index (Phi) is 3.72. The molecule has 3 heterocycles. The Balaban J connectivity index is 1.87. The van der Waals surface area contributed by atoms with E-state index in [2.05, 4.69) is 10.3 Å². The Morgan fingerprint density at radius 3 is 2.50 bits per heavy atom. The minimum atomic E-state index is -0.448. The highest BCUT2D eigenvalue weighted by molar-refractivity contribution is 6.09. The van der Waals surface area contributed by atoms with Gasteiger partial charge in [-0.1, -0.05) is 48.5 Å². The van der Waals surface area contributed by atoms with Crippen molar-refractivity contribution < 1.29 is 8.83 Å². The van der Waals surface area contributed by atoms with Gasteiger partial charge in [0.05, 0.1) is 5.39 Å². The second-order valence-corrected chi connectivity index (χ2v) is 6.56. The molecule has 5 heteroatoms. The van der Waals surface area contributed by atoms with Crippen LogP contribution in [-0.2, 0) is 0 Å². The number of nitrogens with one attached hydrogen (secondary N) is 1. The Morgan fingerprint density at radius 2 is 1.68 bits per heavy atom. The molecule has 0 unspecified atom stereocenters. The van der Waals surface area contributed by atoms with E-state index in [1.807, 2.05) is 67.6 Å². The molecule has 0 amide bonds. The molecule has 0 radical (unpaired) electrons. The third-order valence-corrected chi connectivity index (χ3v) is 4.74. The van der Waals surface area contributed by atoms with E-state index >= 15 is 0 Å². The smallest absolute Gasteiger partial charge is 0.349 e. The summed E-state index contributed by atoms with van der Waals surface area (Å²) in [6, 6.07) is 20.9. The maximum Gasteiger partial charge on any atom is 0.349 e. The third kappa shape index (κ3) is 2.56. The van der Waals surface area contributed by atoms with Crippen LogP contribution in [0.3, 0.4) is 0 Å². The van der Waals surface area contributed by atoms with Gasteiger partial charge in [0.15, 0.2) is 11.3 Å². The van der Waals surface area contributed by atoms with Gasteiger partial charge in [0.2, 0.25) is 0 Å². The Hall–Kier alpha value is -3.86. The maximum atomic E-state index is 12.8. The summed E-state index contributed by atoms with van der Waals surface area (Å²) in [5.74, 6) is 1.24. The minimum Gasteiger partial charge on any atom is -0.453 e. The molecule has 28 heavy (non-hydrogen) atoms. The standard InChI is InChI=1S/C23H16N2O3/c1-14-8-7-13-24-22(14)25-19-18-21(28-20(19)15-9-3-2-4-10-15)16-11-5-6-12-17(16)27-23(18)26/h2-13H,1H3,(H,24,25). The topological polar surface area (TPSA) is 68.3 Å². The van der Waals surface area contributed by atoms with Crippen LogP contribution in [0.4, 0.5) is 11.5 Å². The Bertz CT molecular complexity index is 1370. The van der Waals surface area contributed by atoms with Gasteiger partial charge in [-0.3, -0.25) is 0 Å². The minimum absolute atomic E-state index is 0.377. The summed E-state index contributed by atoms with van der Waals surface area (Å²) in [5.41, 5.74) is 2.92. The van der Waals surface area contributed by atoms with Gasteiger partial charge < -0.3 is 14.2 Å². The van der Waals surface area contributed by atoms with Crippen LogP contribution < -0.4 is 10.9 Å². The zero-order valence-electron chi connectivity index (χ0n) is 15.1. The SMILES string of the molecule is Cc1cccnc1Nc1c(-c2ccccc2)oc2c1c(=O)oc1ccccc12. The van der Waals surface area contributed by atoms with E-state index in [0.717, 1.165) is 16.5 Å². The number of nitrogens with zero attached hydrogens (tertiary/aromatic N) is 1. The molecule has 5 rings (SSSR count). The summed E-state index contributed by atoms with van der Waals surface area (Å²) >= 11 is 0. The number of rotatable bonds is 3. The van der Waals surface area contributed by atoms with Crippen LogP contribution >= 0.6 is 0 Å². The van der Waals surface area contributed by atoms with Crippen molar-refractivity contribution in [1.82, 2.24) is 4.98 Å². The molecule has 5 aromatic rings. The lowest BCUT2D eigenvalue weighted by Gasteiger charge is -2.08. The molecule has 0 fully saturated rings. The highest BCUT2D eigenvalue weighted by atomic mass is 16.4. The van der Waals surface area contributed by atoms with Crippen molar-refractivity contribution in [2.75, 3.05) is 5.32 Å². The molecular weight excluding hydrogens is 352 g/mol. The monoisotopic (exact) mass is 368 g/mol. The van der Waals surface area contributed by atoms with Gasteiger partial charge in [0.25, 0.3) is 0 Å². The Labute approximate surface area is 160 Å². The van der Waals surface area contributed by atoms with Crippen LogP contribution in [0.15, 0.2) is 86.6 Å². The van der Waals surface area contributed by atoms with Gasteiger partial charge in [-0.05, 0) is 30.7 Å². The number of para-hydroxylation sites is 1. The molecular formula is C23H16N2O3. The van der Waals surface area contributed by atoms with E-state index in [1.54, 1.807) is 12.3 Å². The van der Waals surface area contributed by atoms with E-state index in [9.17, 15) is 4.79 Å². The molecule has 0 aliphatic heterocycles. The average Bonchev–Trinajstić information content (AvgIpc) is 3.11. The van der Waals surface area contributed by atoms with Gasteiger partial charge in [0.1, 0.15) is 22.5 Å². The van der Waals surface area contributed by atoms with E-state index in [0.29, 0.717) is 33.8 Å². The lowest BCUT2D eigenvalue weighted by atomic mass is 10.1. The van der Waals surface area contributed by atoms with Crippen LogP contribution in [0.2, 0.25) is 0 Å². The highest BCUT2D eigenvalue weighted by Crippen LogP contribution is 2.40. The molecule has 2 aromatic carbocycles. The number of aryl methyl sites for hydroxylation is 1. The fraction of sp³-hybridized carbons (Fsp3) is 0.0435. The first kappa shape index (κ1) is 16.3. The lowest BCUT2D eigenvalue weighted by molar-refractivity contribution is 0.565. The number of aromatic nitrogens is 1. The van der Waals surface area contributed by atoms with Crippen LogP contribution in [0.1, 0.15) is 5.56 Å². The number of hydrogen-bond donors (Lipinski definition) is 1. The second kappa shape index (κ2) is 6.39. The molecule has 0 saturated carbocycles. The van der Waals surface area contributed by atoms with E-state index in [4.69, 9.17) is 8.83 Å². The van der Waals surface area contributed by atoms with Gasteiger partial charge >= 0.3 is 5.63 Å². The highest BCUT2D eigenvalue weighted by Gasteiger charge is 2.23. The Morgan fingerprint density at radius 1 is 0.893 bits per heavy atom. The third-order valence-electron chi connectivity index (χ3n) is 4.74. The van der Waals surface area contributed by atoms with E-state index < -0.39 is 5.63 Å². The predicted octanol–water partition coefficient (Wildman–Crippen LogP) is 5.65. The molecule has 0 saturated heterocycles. The largest absolute Gasteiger partial charge is 0.453 e. The first-order valence-electron chi connectivity index (χ1n) is 8.95. The summed E-state index contributed by atoms with van der Waals surface area (Å²) in [5, 5.41) is 4.43. The summed E-state index contributed by atoms with van der Waals surface area (Å²) in [4.78, 5) is 17.2. The van der Waals surface area contributed by atoms with Crippen molar-refractivity contribution in [2.24, 2.45) is 0 Å². The molecule has 0 aliphatic rings. The predicted molar refractivity (Wildman–Crippen MR) is 110 cm³/mol. The summed E-state index contributed by atoms with van der Waals surface area (Å²) in [6.45, 7) is 1.96. The number of furan rings is 1. The molecule has 136 valence electrons. The number of anilines is 2. The van der Waals surface area contributed by atoms with Crippen LogP contribution in [0.25, 0.3) is 33.3 Å². The average molecular weight is 368 g/mol. The normalized spacial score (nSPS) is 11.2. The maximum absolute atomic E-state index is 12.8. The van der Waals surface area contributed by atoms with Gasteiger partial charge in [-0.2, -0.15) is 0 Å². The fourth-order valence-corrected chi connectivity index (χ4v) is 3.36. The number of pyridine rings is 1. The molecule has 5 nitrogen and oxygen atoms in total. The van der Waals surface area contributed by atoms with Crippen molar-refractivity contribution >= 4 is 33.4 Å². The fourth-order valence-electron chi connectivity index (χ4n) is 3.36. The van der Waals surface area contributed by atoms with Crippen molar-refractivity contribution in [2.45, 2.75) is 6.92 Å². The first-order chi connectivity index (χ1) is 13.7. The molecule has 0 atom stereocenters. The molecule has 1 N–H and O–H groups in total. The van der Waals surface area contributed by atoms with Gasteiger partial charge in [-0.25, -0.2) is 9.78 Å². The van der Waals surface area contributed by atoms with Crippen molar-refractivity contribution in [3.8, 4) is 11.3 Å². The number of hydrogen-bond acceptors (Lipinski definition) is 5. The molecule has 0 aliphatic carbocycles. The quantitative estimate of drug-likeness (QED) is 0.417. The van der Waals surface area contributed by atoms with Crippen molar-refractivity contribution in [1.29, 1.82) is 0 Å². The second-order valence-electron chi connectivity index (χ2n) is 6.56. The van der Waals surface area contributed by atoms with Crippen LogP contribution in [-0.4, -0.2) is 4.98 Å². The van der Waals surface area contributed by atoms with Crippen LogP contribution in [0.5, 0.6) is 0 Å². The summed E-state index contributed by atoms with van der Waals surface area (Å²) < 4.78 is 11.8. The molecule has 3 aromatic heterocycles. The number of fused-ring (bicyclic) bond motifs is 3. The number of benzene rings is 2. The van der Waals surface area contributed by atoms with Crippen molar-refractivity contribution in [3.05, 3.63) is 88.9 Å². The van der Waals surface area contributed by atoms with E-state index in [1.165, 1.54) is 0 Å². The summed E-state index contributed by atoms with van der Waals surface area (Å²) in [7, 11) is 0. The van der Waals surface area contributed by atoms with Crippen LogP contribution in [0, 0.1) is 6.92 Å². The van der Waals surface area contributed by atoms with Crippen molar-refractivity contribution in [3.63, 3.8) is 0 Å².